The first-order valence-corrected chi connectivity index (χ1v) is 15.4. The number of ether oxygens (including phenoxy) is 1. The van der Waals surface area contributed by atoms with Gasteiger partial charge in [-0.05, 0) is 40.5 Å². The standard InChI is InChI=1S/C38H33N3O5/c42-35-32-33(36(43)41(35)21-22-46-29-11-5-2-6-12-29)38(37(44)45,23-28-24-39-31-14-8-7-13-30(28)31)40-34(32)27-19-17-26(18-20-27)16-15-25-9-3-1-4-10-25/h1-20,24,32-34,39-40H,21-23H2,(H,44,45)/b16-15+. The molecule has 8 heteroatoms. The van der Waals surface area contributed by atoms with Gasteiger partial charge in [-0.1, -0.05) is 103 Å². The van der Waals surface area contributed by atoms with Crippen LogP contribution in [0.4, 0.5) is 0 Å². The largest absolute Gasteiger partial charge is 0.492 e. The Bertz CT molecular complexity index is 1920. The van der Waals surface area contributed by atoms with Crippen LogP contribution in [0.25, 0.3) is 23.1 Å². The molecule has 2 aliphatic rings. The van der Waals surface area contributed by atoms with Crippen LogP contribution in [0.2, 0.25) is 0 Å². The molecule has 4 unspecified atom stereocenters. The van der Waals surface area contributed by atoms with Crippen molar-refractivity contribution in [1.82, 2.24) is 15.2 Å². The second-order valence-electron chi connectivity index (χ2n) is 11.8. The number of fused-ring (bicyclic) bond motifs is 2. The van der Waals surface area contributed by atoms with Crippen molar-refractivity contribution in [3.05, 3.63) is 138 Å². The van der Waals surface area contributed by atoms with E-state index in [0.717, 1.165) is 33.2 Å². The van der Waals surface area contributed by atoms with Crippen molar-refractivity contribution in [2.75, 3.05) is 13.2 Å². The van der Waals surface area contributed by atoms with Gasteiger partial charge in [0.2, 0.25) is 11.8 Å². The number of carboxylic acid groups (broad SMARTS) is 1. The fraction of sp³-hybridized carbons (Fsp3) is 0.184. The van der Waals surface area contributed by atoms with E-state index < -0.39 is 35.3 Å². The molecule has 3 N–H and O–H groups in total. The Labute approximate surface area is 266 Å². The van der Waals surface area contributed by atoms with E-state index in [2.05, 4.69) is 10.3 Å². The minimum Gasteiger partial charge on any atom is -0.492 e. The molecule has 4 aromatic carbocycles. The summed E-state index contributed by atoms with van der Waals surface area (Å²) in [5.41, 5.74) is 2.70. The summed E-state index contributed by atoms with van der Waals surface area (Å²) in [4.78, 5) is 46.0. The predicted octanol–water partition coefficient (Wildman–Crippen LogP) is 5.73. The number of hydrogen-bond acceptors (Lipinski definition) is 5. The summed E-state index contributed by atoms with van der Waals surface area (Å²) in [7, 11) is 0. The molecule has 2 fully saturated rings. The van der Waals surface area contributed by atoms with Crippen molar-refractivity contribution in [3.63, 3.8) is 0 Å². The number of hydrogen-bond donors (Lipinski definition) is 3. The number of para-hydroxylation sites is 2. The highest BCUT2D eigenvalue weighted by Crippen LogP contribution is 2.50. The summed E-state index contributed by atoms with van der Waals surface area (Å²) in [6, 6.07) is 33.8. The minimum absolute atomic E-state index is 0.0231. The second-order valence-corrected chi connectivity index (χ2v) is 11.8. The Morgan fingerprint density at radius 3 is 2.20 bits per heavy atom. The third kappa shape index (κ3) is 5.26. The van der Waals surface area contributed by atoms with Gasteiger partial charge in [-0.25, -0.2) is 0 Å². The molecule has 8 nitrogen and oxygen atoms in total. The lowest BCUT2D eigenvalue weighted by molar-refractivity contribution is -0.151. The summed E-state index contributed by atoms with van der Waals surface area (Å²) in [6.07, 6.45) is 5.83. The Hall–Kier alpha value is -5.47. The predicted molar refractivity (Wildman–Crippen MR) is 176 cm³/mol. The zero-order valence-electron chi connectivity index (χ0n) is 25.0. The summed E-state index contributed by atoms with van der Waals surface area (Å²) in [5, 5.41) is 15.1. The van der Waals surface area contributed by atoms with Crippen LogP contribution in [0.15, 0.2) is 115 Å². The van der Waals surface area contributed by atoms with E-state index in [1.165, 1.54) is 4.90 Å². The Morgan fingerprint density at radius 2 is 1.48 bits per heavy atom. The van der Waals surface area contributed by atoms with E-state index in [4.69, 9.17) is 4.74 Å². The number of carbonyl (C=O) groups excluding carboxylic acids is 2. The van der Waals surface area contributed by atoms with E-state index in [1.54, 1.807) is 18.3 Å². The second kappa shape index (κ2) is 12.1. The lowest BCUT2D eigenvalue weighted by atomic mass is 9.76. The van der Waals surface area contributed by atoms with Crippen molar-refractivity contribution in [2.45, 2.75) is 18.0 Å². The van der Waals surface area contributed by atoms with Crippen LogP contribution >= 0.6 is 0 Å². The number of nitrogens with zero attached hydrogens (tertiary/aromatic N) is 1. The summed E-state index contributed by atoms with van der Waals surface area (Å²) < 4.78 is 5.81. The van der Waals surface area contributed by atoms with E-state index in [0.29, 0.717) is 5.75 Å². The first-order valence-electron chi connectivity index (χ1n) is 15.4. The maximum absolute atomic E-state index is 14.1. The number of amides is 2. The smallest absolute Gasteiger partial charge is 0.325 e. The van der Waals surface area contributed by atoms with Gasteiger partial charge in [0.15, 0.2) is 0 Å². The average Bonchev–Trinajstić information content (AvgIpc) is 3.73. The molecule has 0 radical (unpaired) electrons. The van der Waals surface area contributed by atoms with Crippen molar-refractivity contribution in [3.8, 4) is 5.75 Å². The van der Waals surface area contributed by atoms with Crippen LogP contribution in [-0.2, 0) is 20.8 Å². The molecule has 0 spiro atoms. The van der Waals surface area contributed by atoms with Gasteiger partial charge < -0.3 is 14.8 Å². The maximum Gasteiger partial charge on any atom is 0.325 e. The van der Waals surface area contributed by atoms with Crippen LogP contribution in [0.1, 0.15) is 28.3 Å². The SMILES string of the molecule is O=C1C2C(c3ccc(/C=C/c4ccccc4)cc3)NC(Cc3c[nH]c4ccccc34)(C(=O)O)C2C(=O)N1CCOc1ccccc1. The molecule has 0 aliphatic carbocycles. The van der Waals surface area contributed by atoms with Gasteiger partial charge in [-0.3, -0.25) is 24.6 Å². The fourth-order valence-corrected chi connectivity index (χ4v) is 6.93. The van der Waals surface area contributed by atoms with E-state index in [-0.39, 0.29) is 25.5 Å². The third-order valence-electron chi connectivity index (χ3n) is 9.16. The molecule has 230 valence electrons. The normalized spacial score (nSPS) is 22.5. The number of aromatic amines is 1. The van der Waals surface area contributed by atoms with E-state index in [9.17, 15) is 19.5 Å². The lowest BCUT2D eigenvalue weighted by Gasteiger charge is -2.31. The van der Waals surface area contributed by atoms with Gasteiger partial charge >= 0.3 is 5.97 Å². The number of aliphatic carboxylic acids is 1. The maximum atomic E-state index is 14.1. The molecule has 0 bridgehead atoms. The summed E-state index contributed by atoms with van der Waals surface area (Å²) >= 11 is 0. The van der Waals surface area contributed by atoms with Gasteiger partial charge in [0.25, 0.3) is 0 Å². The Kier molecular flexibility index (Phi) is 7.72. The molecule has 0 saturated carbocycles. The Morgan fingerprint density at radius 1 is 0.826 bits per heavy atom. The van der Waals surface area contributed by atoms with Crippen LogP contribution in [-0.4, -0.2) is 51.5 Å². The van der Waals surface area contributed by atoms with Crippen molar-refractivity contribution in [1.29, 1.82) is 0 Å². The monoisotopic (exact) mass is 611 g/mol. The van der Waals surface area contributed by atoms with Crippen LogP contribution in [0, 0.1) is 11.8 Å². The molecular weight excluding hydrogens is 578 g/mol. The first-order chi connectivity index (χ1) is 22.4. The Balaban J connectivity index is 1.22. The molecule has 2 saturated heterocycles. The average molecular weight is 612 g/mol. The van der Waals surface area contributed by atoms with E-state index >= 15 is 0 Å². The molecule has 5 aromatic rings. The van der Waals surface area contributed by atoms with Gasteiger partial charge in [0.05, 0.1) is 18.4 Å². The summed E-state index contributed by atoms with van der Waals surface area (Å²) in [6.45, 7) is 0.127. The van der Waals surface area contributed by atoms with Gasteiger partial charge in [0.1, 0.15) is 17.9 Å². The highest BCUT2D eigenvalue weighted by Gasteiger charge is 2.68. The number of likely N-dealkylation sites (tertiary alicyclic amines) is 1. The van der Waals surface area contributed by atoms with Gasteiger partial charge in [-0.15, -0.1) is 0 Å². The van der Waals surface area contributed by atoms with Crippen LogP contribution < -0.4 is 10.1 Å². The lowest BCUT2D eigenvalue weighted by Crippen LogP contribution is -2.57. The van der Waals surface area contributed by atoms with Crippen molar-refractivity contribution >= 4 is 40.8 Å². The molecule has 1 aromatic heterocycles. The molecule has 7 rings (SSSR count). The number of H-pyrrole nitrogens is 1. The molecule has 4 atom stereocenters. The number of rotatable bonds is 10. The number of nitrogens with one attached hydrogen (secondary N) is 2. The topological polar surface area (TPSA) is 112 Å². The molecule has 3 heterocycles. The quantitative estimate of drug-likeness (QED) is 0.137. The minimum atomic E-state index is -1.71. The van der Waals surface area contributed by atoms with Crippen molar-refractivity contribution in [2.24, 2.45) is 11.8 Å². The number of aromatic nitrogens is 1. The van der Waals surface area contributed by atoms with E-state index in [1.807, 2.05) is 109 Å². The molecule has 2 aliphatic heterocycles. The van der Waals surface area contributed by atoms with Crippen LogP contribution in [0.3, 0.4) is 0 Å². The first kappa shape index (κ1) is 29.3. The third-order valence-corrected chi connectivity index (χ3v) is 9.16. The number of benzene rings is 4. The van der Waals surface area contributed by atoms with Gasteiger partial charge in [0, 0.05) is 29.6 Å². The highest BCUT2D eigenvalue weighted by atomic mass is 16.5. The molecular formula is C38H33N3O5. The zero-order chi connectivity index (χ0) is 31.7. The number of carboxylic acids is 1. The van der Waals surface area contributed by atoms with Crippen LogP contribution in [0.5, 0.6) is 5.75 Å². The van der Waals surface area contributed by atoms with Gasteiger partial charge in [-0.2, -0.15) is 0 Å². The fourth-order valence-electron chi connectivity index (χ4n) is 6.93. The highest BCUT2D eigenvalue weighted by molar-refractivity contribution is 6.09. The zero-order valence-corrected chi connectivity index (χ0v) is 25.0. The molecule has 46 heavy (non-hydrogen) atoms. The van der Waals surface area contributed by atoms with Crippen molar-refractivity contribution < 1.29 is 24.2 Å². The summed E-state index contributed by atoms with van der Waals surface area (Å²) in [5.74, 6) is -3.42. The number of carbonyl (C=O) groups is 3. The number of imide groups is 1. The molecule has 2 amide bonds.